The van der Waals surface area contributed by atoms with Crippen molar-refractivity contribution in [1.29, 1.82) is 0 Å². The van der Waals surface area contributed by atoms with Gasteiger partial charge in [0.1, 0.15) is 0 Å². The van der Waals surface area contributed by atoms with Crippen molar-refractivity contribution in [3.63, 3.8) is 0 Å². The van der Waals surface area contributed by atoms with E-state index in [0.29, 0.717) is 18.0 Å². The van der Waals surface area contributed by atoms with Crippen LogP contribution in [-0.4, -0.2) is 29.4 Å². The van der Waals surface area contributed by atoms with E-state index in [4.69, 9.17) is 4.74 Å². The molecule has 4 nitrogen and oxygen atoms in total. The van der Waals surface area contributed by atoms with Crippen LogP contribution in [0.25, 0.3) is 0 Å². The Morgan fingerprint density at radius 1 is 1.12 bits per heavy atom. The number of carbonyl (C=O) groups excluding carboxylic acids is 1. The summed E-state index contributed by atoms with van der Waals surface area (Å²) >= 11 is 2.44. The maximum atomic E-state index is 14.1. The van der Waals surface area contributed by atoms with Crippen LogP contribution in [0.4, 0.5) is 14.9 Å². The number of urea groups is 1. The molecule has 0 fully saturated rings. The van der Waals surface area contributed by atoms with Crippen LogP contribution >= 0.6 is 0 Å². The second-order valence-electron chi connectivity index (χ2n) is 5.33. The van der Waals surface area contributed by atoms with Crippen molar-refractivity contribution in [2.45, 2.75) is 26.2 Å². The minimum atomic E-state index is -0.542. The molecule has 0 aliphatic heterocycles. The number of nitrogens with one attached hydrogen (secondary N) is 2. The summed E-state index contributed by atoms with van der Waals surface area (Å²) in [6.45, 7) is 2.67. The zero-order valence-corrected chi connectivity index (χ0v) is 15.4. The number of rotatable bonds is 7. The molecule has 0 aliphatic carbocycles. The Hall–Kier alpha value is -2.00. The molecule has 0 atom stereocenters. The molecule has 2 N–H and O–H groups in total. The van der Waals surface area contributed by atoms with Gasteiger partial charge in [0, 0.05) is 6.54 Å². The van der Waals surface area contributed by atoms with Crippen molar-refractivity contribution in [2.24, 2.45) is 0 Å². The molecule has 0 bridgehead atoms. The van der Waals surface area contributed by atoms with Gasteiger partial charge in [-0.15, -0.1) is 0 Å². The van der Waals surface area contributed by atoms with Crippen molar-refractivity contribution in [1.82, 2.24) is 5.32 Å². The molecular weight excluding hydrogens is 370 g/mol. The SMILES string of the molecule is CCCCCNC(=O)Nc1ccc(Oc2ccc([As])cc2)cc1F. The van der Waals surface area contributed by atoms with Crippen LogP contribution in [0.5, 0.6) is 11.5 Å². The van der Waals surface area contributed by atoms with Gasteiger partial charge in [-0.1, -0.05) is 19.8 Å². The van der Waals surface area contributed by atoms with Gasteiger partial charge >= 0.3 is 117 Å². The van der Waals surface area contributed by atoms with E-state index in [-0.39, 0.29) is 5.69 Å². The molecule has 0 spiro atoms. The van der Waals surface area contributed by atoms with Gasteiger partial charge in [0.2, 0.25) is 0 Å². The average Bonchev–Trinajstić information content (AvgIpc) is 2.56. The van der Waals surface area contributed by atoms with Crippen molar-refractivity contribution in [3.05, 3.63) is 48.3 Å². The van der Waals surface area contributed by atoms with Gasteiger partial charge in [-0.2, -0.15) is 0 Å². The Morgan fingerprint density at radius 2 is 1.83 bits per heavy atom. The molecule has 0 aliphatic rings. The summed E-state index contributed by atoms with van der Waals surface area (Å²) in [7, 11) is 0. The van der Waals surface area contributed by atoms with Gasteiger partial charge in [0.15, 0.2) is 0 Å². The molecular formula is C18H20AsFN2O2. The third kappa shape index (κ3) is 5.89. The fourth-order valence-electron chi connectivity index (χ4n) is 2.05. The summed E-state index contributed by atoms with van der Waals surface area (Å²) in [6.07, 6.45) is 3.05. The van der Waals surface area contributed by atoms with E-state index in [2.05, 4.69) is 34.4 Å². The summed E-state index contributed by atoms with van der Waals surface area (Å²) in [4.78, 5) is 11.7. The number of ether oxygens (including phenoxy) is 1. The Balaban J connectivity index is 1.91. The van der Waals surface area contributed by atoms with Crippen LogP contribution in [0.3, 0.4) is 0 Å². The van der Waals surface area contributed by atoms with Gasteiger partial charge in [-0.25, -0.2) is 0 Å². The summed E-state index contributed by atoms with van der Waals surface area (Å²) in [5, 5.41) is 5.21. The van der Waals surface area contributed by atoms with Crippen molar-refractivity contribution >= 4 is 32.9 Å². The zero-order chi connectivity index (χ0) is 17.4. The first-order chi connectivity index (χ1) is 11.6. The van der Waals surface area contributed by atoms with E-state index < -0.39 is 11.8 Å². The molecule has 6 heteroatoms. The quantitative estimate of drug-likeness (QED) is 0.559. The van der Waals surface area contributed by atoms with E-state index in [1.54, 1.807) is 18.2 Å². The van der Waals surface area contributed by atoms with Gasteiger partial charge in [-0.05, 0) is 6.42 Å². The van der Waals surface area contributed by atoms with Crippen LogP contribution in [-0.2, 0) is 0 Å². The summed E-state index contributed by atoms with van der Waals surface area (Å²) in [6, 6.07) is 11.4. The Morgan fingerprint density at radius 3 is 2.50 bits per heavy atom. The van der Waals surface area contributed by atoms with Crippen molar-refractivity contribution in [3.8, 4) is 11.5 Å². The van der Waals surface area contributed by atoms with Crippen LogP contribution < -0.4 is 19.7 Å². The fourth-order valence-corrected chi connectivity index (χ4v) is 2.37. The number of benzene rings is 2. The van der Waals surface area contributed by atoms with Gasteiger partial charge in [0.25, 0.3) is 0 Å². The van der Waals surface area contributed by atoms with Crippen LogP contribution in [0.2, 0.25) is 0 Å². The molecule has 2 amide bonds. The monoisotopic (exact) mass is 390 g/mol. The Bertz CT molecular complexity index is 677. The molecule has 0 unspecified atom stereocenters. The topological polar surface area (TPSA) is 50.4 Å². The van der Waals surface area contributed by atoms with Gasteiger partial charge < -0.3 is 0 Å². The van der Waals surface area contributed by atoms with Crippen molar-refractivity contribution < 1.29 is 13.9 Å². The Kier molecular flexibility index (Phi) is 7.13. The predicted octanol–water partition coefficient (Wildman–Crippen LogP) is 3.72. The molecule has 2 aromatic rings. The number of carbonyl (C=O) groups is 1. The fraction of sp³-hybridized carbons (Fsp3) is 0.278. The number of amides is 2. The maximum absolute atomic E-state index is 14.1. The van der Waals surface area contributed by atoms with Crippen molar-refractivity contribution in [2.75, 3.05) is 11.9 Å². The normalized spacial score (nSPS) is 10.3. The number of hydrogen-bond acceptors (Lipinski definition) is 2. The van der Waals surface area contributed by atoms with Gasteiger partial charge in [-0.3, -0.25) is 0 Å². The van der Waals surface area contributed by atoms with E-state index in [9.17, 15) is 9.18 Å². The first-order valence-corrected chi connectivity index (χ1v) is 8.83. The molecule has 0 saturated heterocycles. The van der Waals surface area contributed by atoms with E-state index in [1.807, 2.05) is 12.1 Å². The van der Waals surface area contributed by atoms with Crippen LogP contribution in [0.1, 0.15) is 26.2 Å². The summed E-state index contributed by atoms with van der Waals surface area (Å²) in [5.74, 6) is 0.457. The molecule has 0 heterocycles. The van der Waals surface area contributed by atoms with Crippen LogP contribution in [0, 0.1) is 5.82 Å². The standard InChI is InChI=1S/C18H20AsFN2O2/c1-2-3-4-11-21-18(23)22-17-10-9-15(12-16(17)20)24-14-7-5-13(19)6-8-14/h5-10,12H,2-4,11H2,1H3,(H2,21,22,23). The number of halogens is 1. The molecule has 24 heavy (non-hydrogen) atoms. The number of unbranched alkanes of at least 4 members (excludes halogenated alkanes) is 2. The molecule has 0 aromatic heterocycles. The minimum absolute atomic E-state index is 0.122. The van der Waals surface area contributed by atoms with Crippen LogP contribution in [0.15, 0.2) is 42.5 Å². The first-order valence-electron chi connectivity index (χ1n) is 7.90. The zero-order valence-electron chi connectivity index (χ0n) is 13.5. The number of anilines is 1. The Labute approximate surface area is 150 Å². The van der Waals surface area contributed by atoms with E-state index >= 15 is 0 Å². The van der Waals surface area contributed by atoms with E-state index in [1.165, 1.54) is 12.1 Å². The molecule has 0 saturated carbocycles. The average molecular weight is 390 g/mol. The molecule has 126 valence electrons. The van der Waals surface area contributed by atoms with Gasteiger partial charge in [0.05, 0.1) is 0 Å². The third-order valence-electron chi connectivity index (χ3n) is 3.33. The summed E-state index contributed by atoms with van der Waals surface area (Å²) in [5.41, 5.74) is 0.122. The molecule has 2 radical (unpaired) electrons. The summed E-state index contributed by atoms with van der Waals surface area (Å²) < 4.78 is 20.7. The third-order valence-corrected chi connectivity index (χ3v) is 3.95. The second-order valence-corrected chi connectivity index (χ2v) is 6.41. The second kappa shape index (κ2) is 9.33. The molecule has 2 rings (SSSR count). The van der Waals surface area contributed by atoms with E-state index in [0.717, 1.165) is 23.6 Å². The number of hydrogen-bond donors (Lipinski definition) is 2. The molecule has 2 aromatic carbocycles. The first kappa shape index (κ1) is 18.3. The predicted molar refractivity (Wildman–Crippen MR) is 94.9 cm³/mol.